The summed E-state index contributed by atoms with van der Waals surface area (Å²) in [6.45, 7) is 1.59. The highest BCUT2D eigenvalue weighted by atomic mass is 16.6. The zero-order valence-corrected chi connectivity index (χ0v) is 16.0. The number of carboxylic acid groups (broad SMARTS) is 1. The Balaban J connectivity index is 1.69. The number of benzene rings is 1. The molecule has 0 radical (unpaired) electrons. The summed E-state index contributed by atoms with van der Waals surface area (Å²) in [4.78, 5) is 37.9. The Morgan fingerprint density at radius 2 is 1.89 bits per heavy atom. The van der Waals surface area contributed by atoms with Gasteiger partial charge in [0, 0.05) is 18.5 Å². The van der Waals surface area contributed by atoms with Crippen LogP contribution >= 0.6 is 0 Å². The molecular weight excluding hydrogens is 366 g/mol. The number of carbonyl (C=O) groups is 3. The highest BCUT2D eigenvalue weighted by molar-refractivity contribution is 5.90. The van der Waals surface area contributed by atoms with Gasteiger partial charge in [0.15, 0.2) is 6.61 Å². The monoisotopic (exact) mass is 391 g/mol. The Morgan fingerprint density at radius 1 is 1.18 bits per heavy atom. The molecule has 0 aliphatic carbocycles. The van der Waals surface area contributed by atoms with E-state index in [9.17, 15) is 14.4 Å². The van der Waals surface area contributed by atoms with Crippen LogP contribution in [-0.4, -0.2) is 66.4 Å². The summed E-state index contributed by atoms with van der Waals surface area (Å²) in [7, 11) is 2.00. The van der Waals surface area contributed by atoms with Gasteiger partial charge in [-0.1, -0.05) is 0 Å². The van der Waals surface area contributed by atoms with Gasteiger partial charge in [-0.3, -0.25) is 9.69 Å². The number of aliphatic carboxylic acids is 1. The smallest absolute Gasteiger partial charge is 0.341 e. The van der Waals surface area contributed by atoms with Crippen LogP contribution < -0.4 is 4.74 Å². The molecule has 0 aromatic heterocycles. The van der Waals surface area contributed by atoms with E-state index in [1.165, 1.54) is 24.3 Å². The maximum atomic E-state index is 12.6. The molecule has 2 saturated heterocycles. The second-order valence-corrected chi connectivity index (χ2v) is 7.13. The lowest BCUT2D eigenvalue weighted by Gasteiger charge is -2.40. The van der Waals surface area contributed by atoms with Crippen LogP contribution in [0.25, 0.3) is 0 Å². The highest BCUT2D eigenvalue weighted by Gasteiger charge is 2.51. The number of nitrogens with zero attached hydrogens (tertiary/aromatic N) is 1. The maximum Gasteiger partial charge on any atom is 0.341 e. The first-order chi connectivity index (χ1) is 13.4. The Morgan fingerprint density at radius 3 is 2.54 bits per heavy atom. The molecule has 8 heteroatoms. The van der Waals surface area contributed by atoms with Gasteiger partial charge in [0.1, 0.15) is 17.8 Å². The number of fused-ring (bicyclic) bond motifs is 2. The molecule has 2 unspecified atom stereocenters. The summed E-state index contributed by atoms with van der Waals surface area (Å²) in [5, 5.41) is 8.63. The van der Waals surface area contributed by atoms with Crippen LogP contribution in [0.4, 0.5) is 0 Å². The minimum Gasteiger partial charge on any atom is -0.482 e. The van der Waals surface area contributed by atoms with Crippen molar-refractivity contribution in [1.29, 1.82) is 0 Å². The van der Waals surface area contributed by atoms with Crippen molar-refractivity contribution in [3.05, 3.63) is 29.8 Å². The van der Waals surface area contributed by atoms with Crippen molar-refractivity contribution >= 4 is 17.9 Å². The largest absolute Gasteiger partial charge is 0.482 e. The molecule has 1 N–H and O–H groups in total. The number of carboxylic acids is 1. The Bertz CT molecular complexity index is 733. The van der Waals surface area contributed by atoms with Gasteiger partial charge in [0.25, 0.3) is 0 Å². The quantitative estimate of drug-likeness (QED) is 0.701. The molecule has 28 heavy (non-hydrogen) atoms. The SMILES string of the molecule is CCOC(=O)[C@@H]1C2CCC(C[C@@H]1OC(=O)c1ccc(OCC(=O)O)cc1)N2C. The summed E-state index contributed by atoms with van der Waals surface area (Å²) in [5.74, 6) is -2.07. The second-order valence-electron chi connectivity index (χ2n) is 7.13. The van der Waals surface area contributed by atoms with E-state index in [0.29, 0.717) is 23.8 Å². The third-order valence-corrected chi connectivity index (χ3v) is 5.48. The van der Waals surface area contributed by atoms with E-state index < -0.39 is 30.6 Å². The van der Waals surface area contributed by atoms with Crippen molar-refractivity contribution in [2.24, 2.45) is 5.92 Å². The van der Waals surface area contributed by atoms with Gasteiger partial charge >= 0.3 is 17.9 Å². The molecule has 152 valence electrons. The van der Waals surface area contributed by atoms with Gasteiger partial charge in [0.2, 0.25) is 0 Å². The predicted molar refractivity (Wildman–Crippen MR) is 98.1 cm³/mol. The van der Waals surface area contributed by atoms with Crippen molar-refractivity contribution in [2.45, 2.75) is 44.4 Å². The van der Waals surface area contributed by atoms with Crippen molar-refractivity contribution in [3.63, 3.8) is 0 Å². The summed E-state index contributed by atoms with van der Waals surface area (Å²) >= 11 is 0. The van der Waals surface area contributed by atoms with Gasteiger partial charge < -0.3 is 19.3 Å². The van der Waals surface area contributed by atoms with E-state index in [1.54, 1.807) is 6.92 Å². The lowest BCUT2D eigenvalue weighted by atomic mass is 9.87. The fourth-order valence-corrected chi connectivity index (χ4v) is 4.13. The van der Waals surface area contributed by atoms with Gasteiger partial charge in [-0.15, -0.1) is 0 Å². The number of hydrogen-bond donors (Lipinski definition) is 1. The molecule has 3 rings (SSSR count). The van der Waals surface area contributed by atoms with Crippen LogP contribution in [0.5, 0.6) is 5.75 Å². The highest BCUT2D eigenvalue weighted by Crippen LogP contribution is 2.40. The first-order valence-electron chi connectivity index (χ1n) is 9.45. The van der Waals surface area contributed by atoms with Crippen LogP contribution in [-0.2, 0) is 19.1 Å². The number of carbonyl (C=O) groups excluding carboxylic acids is 2. The lowest BCUT2D eigenvalue weighted by Crippen LogP contribution is -2.53. The predicted octanol–water partition coefficient (Wildman–Crippen LogP) is 1.72. The van der Waals surface area contributed by atoms with E-state index in [1.807, 2.05) is 7.05 Å². The maximum absolute atomic E-state index is 12.6. The van der Waals surface area contributed by atoms with Crippen molar-refractivity contribution < 1.29 is 33.7 Å². The summed E-state index contributed by atoms with van der Waals surface area (Å²) < 4.78 is 16.0. The molecule has 0 spiro atoms. The number of rotatable bonds is 7. The van der Waals surface area contributed by atoms with Crippen molar-refractivity contribution in [2.75, 3.05) is 20.3 Å². The van der Waals surface area contributed by atoms with Crippen LogP contribution in [0.1, 0.15) is 36.5 Å². The molecule has 1 aromatic rings. The zero-order valence-electron chi connectivity index (χ0n) is 16.0. The summed E-state index contributed by atoms with van der Waals surface area (Å²) in [6, 6.07) is 6.37. The molecule has 2 bridgehead atoms. The van der Waals surface area contributed by atoms with Crippen LogP contribution in [0, 0.1) is 5.92 Å². The third kappa shape index (κ3) is 4.27. The van der Waals surface area contributed by atoms with Gasteiger partial charge in [-0.2, -0.15) is 0 Å². The van der Waals surface area contributed by atoms with Gasteiger partial charge in [0.05, 0.1) is 12.2 Å². The van der Waals surface area contributed by atoms with E-state index in [2.05, 4.69) is 4.90 Å². The molecule has 2 aliphatic rings. The van der Waals surface area contributed by atoms with Crippen LogP contribution in [0.2, 0.25) is 0 Å². The summed E-state index contributed by atoms with van der Waals surface area (Å²) in [6.07, 6.45) is 1.93. The fourth-order valence-electron chi connectivity index (χ4n) is 4.13. The number of piperidine rings is 1. The molecule has 0 amide bonds. The average molecular weight is 391 g/mol. The van der Waals surface area contributed by atoms with Crippen LogP contribution in [0.3, 0.4) is 0 Å². The first kappa shape index (κ1) is 20.1. The van der Waals surface area contributed by atoms with E-state index in [4.69, 9.17) is 19.3 Å². The molecular formula is C20H25NO7. The fraction of sp³-hybridized carbons (Fsp3) is 0.550. The minimum atomic E-state index is -1.08. The Labute approximate surface area is 163 Å². The molecule has 8 nitrogen and oxygen atoms in total. The number of ether oxygens (including phenoxy) is 3. The number of esters is 2. The van der Waals surface area contributed by atoms with Gasteiger partial charge in [-0.05, 0) is 51.1 Å². The lowest BCUT2D eigenvalue weighted by molar-refractivity contribution is -0.158. The molecule has 2 aliphatic heterocycles. The van der Waals surface area contributed by atoms with E-state index in [0.717, 1.165) is 12.8 Å². The van der Waals surface area contributed by atoms with Gasteiger partial charge in [-0.25, -0.2) is 9.59 Å². The normalized spacial score (nSPS) is 26.5. The molecule has 0 saturated carbocycles. The standard InChI is InChI=1S/C20H25NO7/c1-3-26-20(25)18-15-9-6-13(21(15)2)10-16(18)28-19(24)12-4-7-14(8-5-12)27-11-17(22)23/h4-5,7-8,13,15-16,18H,3,6,9-11H2,1-2H3,(H,22,23)/t13?,15?,16-,18+/m0/s1. The average Bonchev–Trinajstić information content (AvgIpc) is 2.90. The minimum absolute atomic E-state index is 0.0161. The van der Waals surface area contributed by atoms with Crippen molar-refractivity contribution in [3.8, 4) is 5.75 Å². The van der Waals surface area contributed by atoms with E-state index in [-0.39, 0.29) is 18.6 Å². The molecule has 1 aromatic carbocycles. The molecule has 2 heterocycles. The van der Waals surface area contributed by atoms with E-state index >= 15 is 0 Å². The first-order valence-corrected chi connectivity index (χ1v) is 9.45. The van der Waals surface area contributed by atoms with Crippen LogP contribution in [0.15, 0.2) is 24.3 Å². The topological polar surface area (TPSA) is 102 Å². The second kappa shape index (κ2) is 8.60. The summed E-state index contributed by atoms with van der Waals surface area (Å²) in [5.41, 5.74) is 0.316. The van der Waals surface area contributed by atoms with Crippen molar-refractivity contribution in [1.82, 2.24) is 4.90 Å². The Kier molecular flexibility index (Phi) is 6.18. The Hall–Kier alpha value is -2.61. The molecule has 2 fully saturated rings. The third-order valence-electron chi connectivity index (χ3n) is 5.48. The molecule has 4 atom stereocenters. The number of hydrogen-bond acceptors (Lipinski definition) is 7. The zero-order chi connectivity index (χ0) is 20.3.